The van der Waals surface area contributed by atoms with Crippen LogP contribution in [-0.4, -0.2) is 6.61 Å². The minimum Gasteiger partial charge on any atom is -0.492 e. The Balaban J connectivity index is 2.08. The zero-order valence-corrected chi connectivity index (χ0v) is 9.57. The fraction of sp³-hybridized carbons (Fsp3) is 0.231. The highest BCUT2D eigenvalue weighted by Crippen LogP contribution is 2.25. The van der Waals surface area contributed by atoms with Crippen molar-refractivity contribution in [3.63, 3.8) is 0 Å². The normalized spacial score (nSPS) is 10.2. The van der Waals surface area contributed by atoms with Crippen LogP contribution in [0.25, 0.3) is 0 Å². The second kappa shape index (κ2) is 5.39. The molecule has 0 unspecified atom stereocenters. The van der Waals surface area contributed by atoms with Crippen LogP contribution in [0, 0.1) is 5.82 Å². The minimum absolute atomic E-state index is 0.303. The summed E-state index contributed by atoms with van der Waals surface area (Å²) < 4.78 is 23.4. The topological polar surface area (TPSA) is 34.4 Å². The molecule has 0 radical (unpaired) electrons. The molecule has 3 nitrogen and oxygen atoms in total. The molecule has 1 heterocycles. The van der Waals surface area contributed by atoms with Crippen LogP contribution in [0.2, 0.25) is 0 Å². The first-order chi connectivity index (χ1) is 8.29. The number of halogens is 1. The van der Waals surface area contributed by atoms with Crippen LogP contribution in [0.1, 0.15) is 12.5 Å². The van der Waals surface area contributed by atoms with Gasteiger partial charge in [0.25, 0.3) is 0 Å². The molecule has 2 aromatic rings. The summed E-state index contributed by atoms with van der Waals surface area (Å²) in [6, 6.07) is 6.32. The highest BCUT2D eigenvalue weighted by molar-refractivity contribution is 5.56. The van der Waals surface area contributed by atoms with Crippen molar-refractivity contribution in [2.24, 2.45) is 0 Å². The first-order valence-corrected chi connectivity index (χ1v) is 5.47. The molecule has 0 aliphatic rings. The smallest absolute Gasteiger partial charge is 0.145 e. The van der Waals surface area contributed by atoms with E-state index in [2.05, 4.69) is 5.32 Å². The van der Waals surface area contributed by atoms with E-state index in [1.807, 2.05) is 13.0 Å². The van der Waals surface area contributed by atoms with Gasteiger partial charge >= 0.3 is 0 Å². The summed E-state index contributed by atoms with van der Waals surface area (Å²) in [6.07, 6.45) is 3.28. The van der Waals surface area contributed by atoms with E-state index in [-0.39, 0.29) is 5.82 Å². The van der Waals surface area contributed by atoms with Gasteiger partial charge in [-0.15, -0.1) is 0 Å². The maximum atomic E-state index is 13.1. The van der Waals surface area contributed by atoms with Crippen LogP contribution in [0.3, 0.4) is 0 Å². The number of nitrogens with one attached hydrogen (secondary N) is 1. The number of ether oxygens (including phenoxy) is 1. The standard InChI is InChI=1S/C13H14FNO2/c1-2-17-13-7-11(14)3-4-12(13)15-8-10-5-6-16-9-10/h3-7,9,15H,2,8H2,1H3. The van der Waals surface area contributed by atoms with Crippen molar-refractivity contribution in [1.29, 1.82) is 0 Å². The third-order valence-corrected chi connectivity index (χ3v) is 2.31. The van der Waals surface area contributed by atoms with Crippen molar-refractivity contribution < 1.29 is 13.5 Å². The molecular formula is C13H14FNO2. The maximum Gasteiger partial charge on any atom is 0.145 e. The number of hydrogen-bond acceptors (Lipinski definition) is 3. The summed E-state index contributed by atoms with van der Waals surface area (Å²) in [7, 11) is 0. The van der Waals surface area contributed by atoms with E-state index in [0.29, 0.717) is 18.9 Å². The predicted molar refractivity (Wildman–Crippen MR) is 63.6 cm³/mol. The first kappa shape index (κ1) is 11.5. The van der Waals surface area contributed by atoms with Gasteiger partial charge in [0.15, 0.2) is 0 Å². The number of furan rings is 1. The van der Waals surface area contributed by atoms with Gasteiger partial charge in [0, 0.05) is 18.2 Å². The SMILES string of the molecule is CCOc1cc(F)ccc1NCc1ccoc1. The van der Waals surface area contributed by atoms with Gasteiger partial charge in [0.2, 0.25) is 0 Å². The molecule has 4 heteroatoms. The van der Waals surface area contributed by atoms with Gasteiger partial charge in [0.1, 0.15) is 11.6 Å². The molecule has 17 heavy (non-hydrogen) atoms. The van der Waals surface area contributed by atoms with Crippen molar-refractivity contribution in [2.45, 2.75) is 13.5 Å². The fourth-order valence-electron chi connectivity index (χ4n) is 1.51. The quantitative estimate of drug-likeness (QED) is 0.862. The van der Waals surface area contributed by atoms with Crippen molar-refractivity contribution in [3.05, 3.63) is 48.2 Å². The van der Waals surface area contributed by atoms with Gasteiger partial charge in [-0.05, 0) is 25.1 Å². The second-order valence-electron chi connectivity index (χ2n) is 3.56. The average Bonchev–Trinajstić information content (AvgIpc) is 2.81. The molecule has 0 fully saturated rings. The van der Waals surface area contributed by atoms with Crippen molar-refractivity contribution in [3.8, 4) is 5.75 Å². The molecule has 0 aliphatic carbocycles. The summed E-state index contributed by atoms with van der Waals surface area (Å²) in [5, 5.41) is 3.18. The Kier molecular flexibility index (Phi) is 3.65. The lowest BCUT2D eigenvalue weighted by atomic mass is 10.2. The molecule has 0 aliphatic heterocycles. The molecular weight excluding hydrogens is 221 g/mol. The highest BCUT2D eigenvalue weighted by atomic mass is 19.1. The Hall–Kier alpha value is -1.97. The number of benzene rings is 1. The van der Waals surface area contributed by atoms with Crippen LogP contribution in [0.15, 0.2) is 41.2 Å². The zero-order valence-electron chi connectivity index (χ0n) is 9.57. The van der Waals surface area contributed by atoms with Gasteiger partial charge in [-0.25, -0.2) is 4.39 Å². The Morgan fingerprint density at radius 1 is 1.35 bits per heavy atom. The summed E-state index contributed by atoms with van der Waals surface area (Å²) in [4.78, 5) is 0. The van der Waals surface area contributed by atoms with E-state index in [1.165, 1.54) is 12.1 Å². The lowest BCUT2D eigenvalue weighted by Crippen LogP contribution is -2.02. The summed E-state index contributed by atoms with van der Waals surface area (Å²) in [5.41, 5.74) is 1.80. The van der Waals surface area contributed by atoms with E-state index in [1.54, 1.807) is 18.6 Å². The monoisotopic (exact) mass is 235 g/mol. The average molecular weight is 235 g/mol. The Labute approximate surface area is 99.2 Å². The molecule has 0 amide bonds. The van der Waals surface area contributed by atoms with E-state index < -0.39 is 0 Å². The largest absolute Gasteiger partial charge is 0.492 e. The van der Waals surface area contributed by atoms with Gasteiger partial charge in [-0.2, -0.15) is 0 Å². The molecule has 1 N–H and O–H groups in total. The van der Waals surface area contributed by atoms with Gasteiger partial charge < -0.3 is 14.5 Å². The van der Waals surface area contributed by atoms with Crippen LogP contribution in [0.5, 0.6) is 5.75 Å². The highest BCUT2D eigenvalue weighted by Gasteiger charge is 2.05. The molecule has 0 atom stereocenters. The lowest BCUT2D eigenvalue weighted by molar-refractivity contribution is 0.339. The van der Waals surface area contributed by atoms with E-state index in [0.717, 1.165) is 11.3 Å². The molecule has 90 valence electrons. The van der Waals surface area contributed by atoms with Gasteiger partial charge in [-0.1, -0.05) is 0 Å². The summed E-state index contributed by atoms with van der Waals surface area (Å²) in [6.45, 7) is 2.98. The van der Waals surface area contributed by atoms with Crippen molar-refractivity contribution >= 4 is 5.69 Å². The zero-order chi connectivity index (χ0) is 12.1. The van der Waals surface area contributed by atoms with Crippen LogP contribution in [0.4, 0.5) is 10.1 Å². The Morgan fingerprint density at radius 2 is 2.24 bits per heavy atom. The maximum absolute atomic E-state index is 13.1. The van der Waals surface area contributed by atoms with E-state index >= 15 is 0 Å². The van der Waals surface area contributed by atoms with Crippen LogP contribution in [-0.2, 0) is 6.54 Å². The second-order valence-corrected chi connectivity index (χ2v) is 3.56. The fourth-order valence-corrected chi connectivity index (χ4v) is 1.51. The molecule has 0 spiro atoms. The molecule has 0 saturated carbocycles. The minimum atomic E-state index is -0.303. The van der Waals surface area contributed by atoms with Crippen molar-refractivity contribution in [1.82, 2.24) is 0 Å². The molecule has 0 bridgehead atoms. The Bertz CT molecular complexity index is 468. The third-order valence-electron chi connectivity index (χ3n) is 2.31. The van der Waals surface area contributed by atoms with Crippen LogP contribution < -0.4 is 10.1 Å². The molecule has 1 aromatic heterocycles. The number of rotatable bonds is 5. The molecule has 1 aromatic carbocycles. The lowest BCUT2D eigenvalue weighted by Gasteiger charge is -2.11. The Morgan fingerprint density at radius 3 is 2.94 bits per heavy atom. The van der Waals surface area contributed by atoms with Crippen molar-refractivity contribution in [2.75, 3.05) is 11.9 Å². The first-order valence-electron chi connectivity index (χ1n) is 5.47. The number of anilines is 1. The van der Waals surface area contributed by atoms with Gasteiger partial charge in [-0.3, -0.25) is 0 Å². The third kappa shape index (κ3) is 3.00. The van der Waals surface area contributed by atoms with Gasteiger partial charge in [0.05, 0.1) is 24.8 Å². The molecule has 0 saturated heterocycles. The summed E-state index contributed by atoms with van der Waals surface area (Å²) >= 11 is 0. The van der Waals surface area contributed by atoms with E-state index in [4.69, 9.17) is 9.15 Å². The predicted octanol–water partition coefficient (Wildman–Crippen LogP) is 3.43. The van der Waals surface area contributed by atoms with Crippen LogP contribution >= 0.6 is 0 Å². The van der Waals surface area contributed by atoms with E-state index in [9.17, 15) is 4.39 Å². The molecule has 2 rings (SSSR count). The number of hydrogen-bond donors (Lipinski definition) is 1. The summed E-state index contributed by atoms with van der Waals surface area (Å²) in [5.74, 6) is 0.221.